The van der Waals surface area contributed by atoms with Crippen molar-refractivity contribution < 1.29 is 0 Å². The summed E-state index contributed by atoms with van der Waals surface area (Å²) in [6.07, 6.45) is 0. The minimum absolute atomic E-state index is 0.954. The second-order valence-electron chi connectivity index (χ2n) is 5.01. The predicted molar refractivity (Wildman–Crippen MR) is 80.3 cm³/mol. The molecule has 0 saturated carbocycles. The van der Waals surface area contributed by atoms with Crippen molar-refractivity contribution in [2.45, 2.75) is 40.8 Å². The van der Waals surface area contributed by atoms with Gasteiger partial charge in [0.1, 0.15) is 0 Å². The third-order valence-electron chi connectivity index (χ3n) is 3.40. The third-order valence-corrected chi connectivity index (χ3v) is 4.42. The second-order valence-corrected chi connectivity index (χ2v) is 6.01. The topological polar surface area (TPSA) is 12.0 Å². The van der Waals surface area contributed by atoms with Gasteiger partial charge in [0.2, 0.25) is 0 Å². The molecule has 0 amide bonds. The molecule has 1 heterocycles. The van der Waals surface area contributed by atoms with Gasteiger partial charge < -0.3 is 5.32 Å². The summed E-state index contributed by atoms with van der Waals surface area (Å²) in [5.74, 6) is 0. The molecule has 0 radical (unpaired) electrons. The molecule has 1 aromatic heterocycles. The predicted octanol–water partition coefficient (Wildman–Crippen LogP) is 4.27. The summed E-state index contributed by atoms with van der Waals surface area (Å²) >= 11 is 1.83. The van der Waals surface area contributed by atoms with E-state index < -0.39 is 0 Å². The Balaban J connectivity index is 2.01. The van der Waals surface area contributed by atoms with Crippen molar-refractivity contribution in [3.05, 3.63) is 56.3 Å². The summed E-state index contributed by atoms with van der Waals surface area (Å²) in [7, 11) is 0. The van der Waals surface area contributed by atoms with Crippen LogP contribution in [0.25, 0.3) is 0 Å². The van der Waals surface area contributed by atoms with Gasteiger partial charge in [0.25, 0.3) is 0 Å². The summed E-state index contributed by atoms with van der Waals surface area (Å²) in [5, 5.41) is 5.72. The van der Waals surface area contributed by atoms with Gasteiger partial charge in [-0.05, 0) is 61.4 Å². The molecule has 2 aromatic rings. The summed E-state index contributed by atoms with van der Waals surface area (Å²) in [6.45, 7) is 10.7. The Kier molecular flexibility index (Phi) is 4.20. The molecule has 0 aliphatic carbocycles. The molecule has 18 heavy (non-hydrogen) atoms. The zero-order chi connectivity index (χ0) is 13.1. The molecule has 0 fully saturated rings. The fourth-order valence-corrected chi connectivity index (χ4v) is 3.25. The van der Waals surface area contributed by atoms with E-state index in [4.69, 9.17) is 0 Å². The van der Waals surface area contributed by atoms with Gasteiger partial charge in [-0.15, -0.1) is 11.3 Å². The molecule has 0 bridgehead atoms. The average molecular weight is 259 g/mol. The normalized spacial score (nSPS) is 10.9. The van der Waals surface area contributed by atoms with E-state index in [2.05, 4.69) is 56.6 Å². The first-order valence-electron chi connectivity index (χ1n) is 6.38. The van der Waals surface area contributed by atoms with Crippen LogP contribution in [0.15, 0.2) is 23.6 Å². The first-order chi connectivity index (χ1) is 8.58. The quantitative estimate of drug-likeness (QED) is 0.864. The lowest BCUT2D eigenvalue weighted by Gasteiger charge is -2.12. The Morgan fingerprint density at radius 2 is 1.61 bits per heavy atom. The molecule has 96 valence electrons. The largest absolute Gasteiger partial charge is 0.308 e. The molecule has 1 nitrogen and oxygen atoms in total. The van der Waals surface area contributed by atoms with Crippen molar-refractivity contribution in [3.8, 4) is 0 Å². The Morgan fingerprint density at radius 1 is 0.944 bits per heavy atom. The molecule has 0 atom stereocenters. The number of hydrogen-bond donors (Lipinski definition) is 1. The van der Waals surface area contributed by atoms with Crippen LogP contribution in [0, 0.1) is 27.7 Å². The van der Waals surface area contributed by atoms with Crippen LogP contribution in [-0.2, 0) is 13.1 Å². The maximum atomic E-state index is 3.56. The molecule has 0 aliphatic rings. The van der Waals surface area contributed by atoms with Crippen molar-refractivity contribution in [1.29, 1.82) is 0 Å². The summed E-state index contributed by atoms with van der Waals surface area (Å²) in [6, 6.07) is 6.71. The van der Waals surface area contributed by atoms with Gasteiger partial charge >= 0.3 is 0 Å². The van der Waals surface area contributed by atoms with Crippen molar-refractivity contribution in [2.24, 2.45) is 0 Å². The fraction of sp³-hybridized carbons (Fsp3) is 0.375. The zero-order valence-corrected chi connectivity index (χ0v) is 12.4. The van der Waals surface area contributed by atoms with Gasteiger partial charge in [-0.2, -0.15) is 0 Å². The molecule has 0 spiro atoms. The molecule has 1 N–H and O–H groups in total. The first-order valence-corrected chi connectivity index (χ1v) is 7.26. The number of aryl methyl sites for hydroxylation is 4. The van der Waals surface area contributed by atoms with Gasteiger partial charge in [-0.1, -0.05) is 17.7 Å². The lowest BCUT2D eigenvalue weighted by atomic mass is 10.00. The molecular weight excluding hydrogens is 238 g/mol. The van der Waals surface area contributed by atoms with E-state index in [-0.39, 0.29) is 0 Å². The van der Waals surface area contributed by atoms with Crippen molar-refractivity contribution in [2.75, 3.05) is 0 Å². The Labute approximate surface area is 114 Å². The third kappa shape index (κ3) is 3.01. The lowest BCUT2D eigenvalue weighted by molar-refractivity contribution is 0.692. The van der Waals surface area contributed by atoms with Crippen LogP contribution in [0.2, 0.25) is 0 Å². The molecule has 2 rings (SSSR count). The second kappa shape index (κ2) is 5.68. The summed E-state index contributed by atoms with van der Waals surface area (Å²) < 4.78 is 0. The van der Waals surface area contributed by atoms with E-state index in [1.54, 1.807) is 0 Å². The zero-order valence-electron chi connectivity index (χ0n) is 11.6. The Morgan fingerprint density at radius 3 is 2.17 bits per heavy atom. The minimum atomic E-state index is 0.954. The van der Waals surface area contributed by atoms with E-state index in [9.17, 15) is 0 Å². The standard InChI is InChI=1S/C16H21NS/c1-11-7-13(3)15(14(4)8-11)9-17-10-16-12(2)5-6-18-16/h5-8,17H,9-10H2,1-4H3. The van der Waals surface area contributed by atoms with E-state index >= 15 is 0 Å². The molecule has 1 aromatic carbocycles. The van der Waals surface area contributed by atoms with E-state index in [0.717, 1.165) is 13.1 Å². The van der Waals surface area contributed by atoms with Crippen LogP contribution in [-0.4, -0.2) is 0 Å². The molecule has 2 heteroatoms. The van der Waals surface area contributed by atoms with Crippen LogP contribution in [0.5, 0.6) is 0 Å². The monoisotopic (exact) mass is 259 g/mol. The molecule has 0 unspecified atom stereocenters. The number of rotatable bonds is 4. The van der Waals surface area contributed by atoms with E-state index in [1.807, 2.05) is 11.3 Å². The van der Waals surface area contributed by atoms with E-state index in [1.165, 1.54) is 32.7 Å². The van der Waals surface area contributed by atoms with Gasteiger partial charge in [-0.3, -0.25) is 0 Å². The van der Waals surface area contributed by atoms with Crippen molar-refractivity contribution in [3.63, 3.8) is 0 Å². The van der Waals surface area contributed by atoms with Crippen LogP contribution in [0.1, 0.15) is 32.7 Å². The van der Waals surface area contributed by atoms with E-state index in [0.29, 0.717) is 0 Å². The maximum absolute atomic E-state index is 3.56. The highest BCUT2D eigenvalue weighted by Gasteiger charge is 2.04. The smallest absolute Gasteiger partial charge is 0.0305 e. The highest BCUT2D eigenvalue weighted by atomic mass is 32.1. The van der Waals surface area contributed by atoms with Gasteiger partial charge in [0, 0.05) is 18.0 Å². The lowest BCUT2D eigenvalue weighted by Crippen LogP contribution is -2.14. The Bertz CT molecular complexity index is 517. The fourth-order valence-electron chi connectivity index (χ4n) is 2.37. The van der Waals surface area contributed by atoms with Gasteiger partial charge in [-0.25, -0.2) is 0 Å². The highest BCUT2D eigenvalue weighted by molar-refractivity contribution is 7.10. The average Bonchev–Trinajstić information content (AvgIpc) is 2.68. The number of hydrogen-bond acceptors (Lipinski definition) is 2. The van der Waals surface area contributed by atoms with Crippen LogP contribution < -0.4 is 5.32 Å². The van der Waals surface area contributed by atoms with Gasteiger partial charge in [0.05, 0.1) is 0 Å². The van der Waals surface area contributed by atoms with Crippen LogP contribution in [0.4, 0.5) is 0 Å². The summed E-state index contributed by atoms with van der Waals surface area (Å²) in [5.41, 5.74) is 6.97. The first kappa shape index (κ1) is 13.3. The highest BCUT2D eigenvalue weighted by Crippen LogP contribution is 2.18. The van der Waals surface area contributed by atoms with Gasteiger partial charge in [0.15, 0.2) is 0 Å². The molecule has 0 aliphatic heterocycles. The number of nitrogens with one attached hydrogen (secondary N) is 1. The van der Waals surface area contributed by atoms with Crippen LogP contribution >= 0.6 is 11.3 Å². The SMILES string of the molecule is Cc1cc(C)c(CNCc2sccc2C)c(C)c1. The van der Waals surface area contributed by atoms with Crippen molar-refractivity contribution in [1.82, 2.24) is 5.32 Å². The summed E-state index contributed by atoms with van der Waals surface area (Å²) in [4.78, 5) is 1.44. The van der Waals surface area contributed by atoms with Crippen LogP contribution in [0.3, 0.4) is 0 Å². The minimum Gasteiger partial charge on any atom is -0.308 e. The molecular formula is C16H21NS. The van der Waals surface area contributed by atoms with Crippen molar-refractivity contribution >= 4 is 11.3 Å². The Hall–Kier alpha value is -1.12. The number of thiophene rings is 1. The number of benzene rings is 1. The molecule has 0 saturated heterocycles. The maximum Gasteiger partial charge on any atom is 0.0305 e.